The lowest BCUT2D eigenvalue weighted by Crippen LogP contribution is -1.86. The lowest BCUT2D eigenvalue weighted by atomic mass is 10.2. The molecule has 0 aliphatic carbocycles. The molecule has 0 aliphatic heterocycles. The predicted octanol–water partition coefficient (Wildman–Crippen LogP) is 2.40. The van der Waals surface area contributed by atoms with E-state index in [4.69, 9.17) is 4.74 Å². The number of nitrogens with one attached hydrogen (secondary N) is 1. The topological polar surface area (TPSA) is 63.7 Å². The number of aryl methyl sites for hydroxylation is 1. The monoisotopic (exact) mass is 246 g/mol. The molecular weight excluding hydrogens is 236 g/mol. The molecule has 86 valence electrons. The van der Waals surface area contributed by atoms with E-state index in [2.05, 4.69) is 20.2 Å². The number of hydrogen-bond donors (Lipinski definition) is 1. The summed E-state index contributed by atoms with van der Waals surface area (Å²) in [5.41, 5.74) is 2.69. The van der Waals surface area contributed by atoms with Gasteiger partial charge in [-0.25, -0.2) is 4.98 Å². The number of imidazole rings is 1. The number of H-pyrrole nitrogens is 1. The number of hydrogen-bond acceptors (Lipinski definition) is 5. The Kier molecular flexibility index (Phi) is 2.29. The average molecular weight is 246 g/mol. The van der Waals surface area contributed by atoms with Gasteiger partial charge in [-0.15, -0.1) is 11.3 Å². The molecule has 6 heteroatoms. The zero-order chi connectivity index (χ0) is 11.8. The Labute approximate surface area is 101 Å². The highest BCUT2D eigenvalue weighted by Crippen LogP contribution is 2.36. The molecule has 0 aliphatic rings. The summed E-state index contributed by atoms with van der Waals surface area (Å²) >= 11 is 1.64. The first-order valence-corrected chi connectivity index (χ1v) is 5.96. The van der Waals surface area contributed by atoms with Gasteiger partial charge in [0.2, 0.25) is 0 Å². The van der Waals surface area contributed by atoms with Crippen LogP contribution in [0.4, 0.5) is 0 Å². The van der Waals surface area contributed by atoms with Gasteiger partial charge in [-0.1, -0.05) is 0 Å². The lowest BCUT2D eigenvalue weighted by Gasteiger charge is -2.00. The van der Waals surface area contributed by atoms with E-state index in [1.807, 2.05) is 12.3 Å². The second kappa shape index (κ2) is 3.81. The van der Waals surface area contributed by atoms with Crippen molar-refractivity contribution in [3.8, 4) is 17.1 Å². The molecule has 0 unspecified atom stereocenters. The summed E-state index contributed by atoms with van der Waals surface area (Å²) in [5.74, 6) is 1.64. The number of rotatable bonds is 2. The Morgan fingerprint density at radius 2 is 2.12 bits per heavy atom. The molecule has 0 saturated heterocycles. The van der Waals surface area contributed by atoms with E-state index in [1.165, 1.54) is 4.88 Å². The summed E-state index contributed by atoms with van der Waals surface area (Å²) in [7, 11) is 1.66. The van der Waals surface area contributed by atoms with Crippen molar-refractivity contribution < 1.29 is 4.74 Å². The predicted molar refractivity (Wildman–Crippen MR) is 66.3 cm³/mol. The van der Waals surface area contributed by atoms with Gasteiger partial charge in [-0.05, 0) is 6.92 Å². The van der Waals surface area contributed by atoms with Crippen LogP contribution < -0.4 is 4.74 Å². The third-order valence-electron chi connectivity index (χ3n) is 2.59. The fraction of sp³-hybridized carbons (Fsp3) is 0.182. The van der Waals surface area contributed by atoms with E-state index in [1.54, 1.807) is 30.8 Å². The van der Waals surface area contributed by atoms with Crippen LogP contribution in [0.3, 0.4) is 0 Å². The minimum Gasteiger partial charge on any atom is -0.495 e. The first kappa shape index (κ1) is 10.2. The van der Waals surface area contributed by atoms with Crippen molar-refractivity contribution in [2.45, 2.75) is 6.92 Å². The van der Waals surface area contributed by atoms with Crippen LogP contribution >= 0.6 is 11.3 Å². The van der Waals surface area contributed by atoms with Gasteiger partial charge in [-0.2, -0.15) is 10.2 Å². The smallest absolute Gasteiger partial charge is 0.143 e. The maximum Gasteiger partial charge on any atom is 0.143 e. The third kappa shape index (κ3) is 1.57. The van der Waals surface area contributed by atoms with Crippen LogP contribution in [0.5, 0.6) is 5.75 Å². The highest BCUT2D eigenvalue weighted by atomic mass is 32.1. The Morgan fingerprint density at radius 1 is 1.29 bits per heavy atom. The molecule has 17 heavy (non-hydrogen) atoms. The second-order valence-electron chi connectivity index (χ2n) is 3.61. The molecule has 0 fully saturated rings. The summed E-state index contributed by atoms with van der Waals surface area (Å²) in [6.07, 6.45) is 3.31. The van der Waals surface area contributed by atoms with Crippen LogP contribution in [0.25, 0.3) is 22.4 Å². The van der Waals surface area contributed by atoms with Gasteiger partial charge in [0.15, 0.2) is 0 Å². The van der Waals surface area contributed by atoms with Crippen molar-refractivity contribution in [2.24, 2.45) is 0 Å². The number of thiophene rings is 1. The van der Waals surface area contributed by atoms with Gasteiger partial charge in [0, 0.05) is 10.3 Å². The molecule has 0 bridgehead atoms. The normalized spacial score (nSPS) is 10.9. The first-order chi connectivity index (χ1) is 8.29. The molecule has 0 saturated carbocycles. The average Bonchev–Trinajstić information content (AvgIpc) is 2.91. The number of methoxy groups -OCH3 is 1. The van der Waals surface area contributed by atoms with Gasteiger partial charge < -0.3 is 9.72 Å². The summed E-state index contributed by atoms with van der Waals surface area (Å²) < 4.78 is 5.34. The van der Waals surface area contributed by atoms with E-state index in [9.17, 15) is 0 Å². The third-order valence-corrected chi connectivity index (χ3v) is 3.48. The van der Waals surface area contributed by atoms with Crippen LogP contribution in [0.15, 0.2) is 17.8 Å². The lowest BCUT2D eigenvalue weighted by molar-refractivity contribution is 0.418. The number of aromatic amines is 1. The Hall–Kier alpha value is -1.95. The molecule has 3 rings (SSSR count). The molecule has 5 nitrogen and oxygen atoms in total. The zero-order valence-corrected chi connectivity index (χ0v) is 10.2. The SMILES string of the molecule is COc1csc(C)c1-c1nc2cnncc2[nH]1. The largest absolute Gasteiger partial charge is 0.495 e. The van der Waals surface area contributed by atoms with Crippen LogP contribution in [0.1, 0.15) is 4.88 Å². The summed E-state index contributed by atoms with van der Waals surface area (Å²) in [5, 5.41) is 9.61. The Balaban J connectivity index is 2.23. The van der Waals surface area contributed by atoms with E-state index >= 15 is 0 Å². The van der Waals surface area contributed by atoms with E-state index in [0.717, 1.165) is 28.2 Å². The molecular formula is C11H10N4OS. The van der Waals surface area contributed by atoms with Crippen LogP contribution in [0, 0.1) is 6.92 Å². The minimum absolute atomic E-state index is 0.797. The number of aromatic nitrogens is 4. The minimum atomic E-state index is 0.797. The number of fused-ring (bicyclic) bond motifs is 1. The van der Waals surface area contributed by atoms with Crippen molar-refractivity contribution in [1.82, 2.24) is 20.2 Å². The molecule has 3 aromatic heterocycles. The summed E-state index contributed by atoms with van der Waals surface area (Å²) in [6.45, 7) is 2.05. The quantitative estimate of drug-likeness (QED) is 0.754. The maximum absolute atomic E-state index is 5.34. The highest BCUT2D eigenvalue weighted by Gasteiger charge is 2.15. The fourth-order valence-electron chi connectivity index (χ4n) is 1.76. The van der Waals surface area contributed by atoms with E-state index in [-0.39, 0.29) is 0 Å². The van der Waals surface area contributed by atoms with Crippen molar-refractivity contribution in [3.05, 3.63) is 22.7 Å². The standard InChI is InChI=1S/C11H10N4OS/c1-6-10(9(16-2)5-17-6)11-14-7-3-12-13-4-8(7)15-11/h3-5H,1-2H3,(H,14,15). The number of ether oxygens (including phenoxy) is 1. The number of nitrogens with zero attached hydrogens (tertiary/aromatic N) is 3. The van der Waals surface area contributed by atoms with Crippen LogP contribution in [0.2, 0.25) is 0 Å². The molecule has 3 heterocycles. The molecule has 0 amide bonds. The van der Waals surface area contributed by atoms with Gasteiger partial charge >= 0.3 is 0 Å². The highest BCUT2D eigenvalue weighted by molar-refractivity contribution is 7.10. The molecule has 0 spiro atoms. The second-order valence-corrected chi connectivity index (χ2v) is 4.69. The molecule has 0 radical (unpaired) electrons. The summed E-state index contributed by atoms with van der Waals surface area (Å²) in [4.78, 5) is 8.89. The Bertz CT molecular complexity index is 640. The van der Waals surface area contributed by atoms with Gasteiger partial charge in [-0.3, -0.25) is 0 Å². The van der Waals surface area contributed by atoms with Gasteiger partial charge in [0.25, 0.3) is 0 Å². The van der Waals surface area contributed by atoms with Crippen LogP contribution in [-0.2, 0) is 0 Å². The Morgan fingerprint density at radius 3 is 2.88 bits per heavy atom. The zero-order valence-electron chi connectivity index (χ0n) is 9.39. The van der Waals surface area contributed by atoms with Crippen molar-refractivity contribution in [3.63, 3.8) is 0 Å². The van der Waals surface area contributed by atoms with E-state index < -0.39 is 0 Å². The fourth-order valence-corrected chi connectivity index (χ4v) is 2.57. The van der Waals surface area contributed by atoms with Gasteiger partial charge in [0.1, 0.15) is 17.1 Å². The van der Waals surface area contributed by atoms with Crippen molar-refractivity contribution in [2.75, 3.05) is 7.11 Å². The maximum atomic E-state index is 5.34. The molecule has 0 aromatic carbocycles. The van der Waals surface area contributed by atoms with Crippen molar-refractivity contribution >= 4 is 22.4 Å². The first-order valence-electron chi connectivity index (χ1n) is 5.08. The molecule has 0 atom stereocenters. The molecule has 3 aromatic rings. The summed E-state index contributed by atoms with van der Waals surface area (Å²) in [6, 6.07) is 0. The van der Waals surface area contributed by atoms with E-state index in [0.29, 0.717) is 0 Å². The van der Waals surface area contributed by atoms with Crippen molar-refractivity contribution in [1.29, 1.82) is 0 Å². The molecule has 1 N–H and O–H groups in total. The van der Waals surface area contributed by atoms with Gasteiger partial charge in [0.05, 0.1) is 30.6 Å². The van der Waals surface area contributed by atoms with Crippen LogP contribution in [-0.4, -0.2) is 27.3 Å².